The third-order valence-electron chi connectivity index (χ3n) is 3.84. The first-order valence-corrected chi connectivity index (χ1v) is 6.70. The summed E-state index contributed by atoms with van der Waals surface area (Å²) in [5, 5.41) is 9.42. The fraction of sp³-hybridized carbons (Fsp3) is 0.357. The van der Waals surface area contributed by atoms with Gasteiger partial charge < -0.3 is 5.32 Å². The number of nitrogens with one attached hydrogen (secondary N) is 2. The van der Waals surface area contributed by atoms with Crippen LogP contribution >= 0.6 is 0 Å². The van der Waals surface area contributed by atoms with Crippen molar-refractivity contribution < 1.29 is 13.6 Å². The molecule has 2 N–H and O–H groups in total. The summed E-state index contributed by atoms with van der Waals surface area (Å²) >= 11 is 0. The van der Waals surface area contributed by atoms with Crippen LogP contribution in [0, 0.1) is 11.6 Å². The van der Waals surface area contributed by atoms with Crippen LogP contribution in [0.4, 0.5) is 8.78 Å². The predicted molar refractivity (Wildman–Crippen MR) is 70.1 cm³/mol. The second-order valence-electron chi connectivity index (χ2n) is 5.21. The van der Waals surface area contributed by atoms with E-state index in [0.29, 0.717) is 5.82 Å². The zero-order valence-electron chi connectivity index (χ0n) is 11.2. The van der Waals surface area contributed by atoms with Gasteiger partial charge in [0.05, 0.1) is 12.0 Å². The maximum absolute atomic E-state index is 13.6. The smallest absolute Gasteiger partial charge is 0.225 e. The molecular formula is C14H14F2N4O. The zero-order valence-corrected chi connectivity index (χ0v) is 11.2. The van der Waals surface area contributed by atoms with Crippen molar-refractivity contribution in [2.24, 2.45) is 0 Å². The van der Waals surface area contributed by atoms with Crippen molar-refractivity contribution in [2.75, 3.05) is 0 Å². The number of benzene rings is 1. The number of amides is 1. The molecular weight excluding hydrogens is 278 g/mol. The molecule has 0 spiro atoms. The van der Waals surface area contributed by atoms with E-state index in [-0.39, 0.29) is 17.9 Å². The van der Waals surface area contributed by atoms with Crippen molar-refractivity contribution in [1.82, 2.24) is 20.5 Å². The lowest BCUT2D eigenvalue weighted by Crippen LogP contribution is -2.52. The Bertz CT molecular complexity index is 653. The maximum atomic E-state index is 13.6. The molecule has 5 nitrogen and oxygen atoms in total. The molecule has 1 fully saturated rings. The van der Waals surface area contributed by atoms with Crippen LogP contribution in [0.1, 0.15) is 30.7 Å². The zero-order chi connectivity index (χ0) is 14.9. The molecule has 1 aromatic heterocycles. The Kier molecular flexibility index (Phi) is 3.40. The van der Waals surface area contributed by atoms with Crippen molar-refractivity contribution in [3.05, 3.63) is 47.5 Å². The summed E-state index contributed by atoms with van der Waals surface area (Å²) in [5.41, 5.74) is -0.517. The summed E-state index contributed by atoms with van der Waals surface area (Å²) in [4.78, 5) is 16.2. The van der Waals surface area contributed by atoms with Gasteiger partial charge in [0.15, 0.2) is 11.6 Å². The Hall–Kier alpha value is -2.31. The highest BCUT2D eigenvalue weighted by Gasteiger charge is 2.42. The van der Waals surface area contributed by atoms with Gasteiger partial charge in [-0.15, -0.1) is 0 Å². The lowest BCUT2D eigenvalue weighted by molar-refractivity contribution is -0.123. The summed E-state index contributed by atoms with van der Waals surface area (Å²) < 4.78 is 26.7. The maximum Gasteiger partial charge on any atom is 0.225 e. The van der Waals surface area contributed by atoms with Crippen molar-refractivity contribution in [1.29, 1.82) is 0 Å². The molecule has 1 heterocycles. The predicted octanol–water partition coefficient (Wildman–Crippen LogP) is 1.82. The number of H-pyrrole nitrogens is 1. The van der Waals surface area contributed by atoms with Crippen LogP contribution in [0.2, 0.25) is 0 Å². The fourth-order valence-corrected chi connectivity index (χ4v) is 2.56. The molecule has 0 bridgehead atoms. The van der Waals surface area contributed by atoms with Gasteiger partial charge in [0.25, 0.3) is 0 Å². The molecule has 0 radical (unpaired) electrons. The standard InChI is InChI=1S/C14H14F2N4O/c15-10-4-1-3-9(12(10)16)7-11(21)19-14(5-2-6-14)13-17-8-18-20-13/h1,3-4,8H,2,5-7H2,(H,19,21)(H,17,18,20). The Morgan fingerprint density at radius 1 is 1.38 bits per heavy atom. The summed E-state index contributed by atoms with van der Waals surface area (Å²) in [6, 6.07) is 3.81. The van der Waals surface area contributed by atoms with Crippen LogP contribution in [0.3, 0.4) is 0 Å². The summed E-state index contributed by atoms with van der Waals surface area (Å²) in [7, 11) is 0. The van der Waals surface area contributed by atoms with Gasteiger partial charge in [-0.1, -0.05) is 12.1 Å². The van der Waals surface area contributed by atoms with Crippen LogP contribution in [-0.4, -0.2) is 21.1 Å². The van der Waals surface area contributed by atoms with E-state index in [9.17, 15) is 13.6 Å². The van der Waals surface area contributed by atoms with E-state index in [0.717, 1.165) is 25.3 Å². The van der Waals surface area contributed by atoms with Gasteiger partial charge in [0.2, 0.25) is 5.91 Å². The van der Waals surface area contributed by atoms with Gasteiger partial charge in [0, 0.05) is 5.56 Å². The second kappa shape index (κ2) is 5.23. The highest BCUT2D eigenvalue weighted by Crippen LogP contribution is 2.39. The molecule has 0 unspecified atom stereocenters. The van der Waals surface area contributed by atoms with Gasteiger partial charge in [0.1, 0.15) is 12.2 Å². The average Bonchev–Trinajstić information content (AvgIpc) is 2.93. The molecule has 110 valence electrons. The molecule has 1 amide bonds. The van der Waals surface area contributed by atoms with Gasteiger partial charge in [-0.3, -0.25) is 9.89 Å². The number of hydrogen-bond acceptors (Lipinski definition) is 3. The van der Waals surface area contributed by atoms with Gasteiger partial charge >= 0.3 is 0 Å². The number of carbonyl (C=O) groups excluding carboxylic acids is 1. The third kappa shape index (κ3) is 2.51. The minimum absolute atomic E-state index is 0.0412. The number of nitrogens with zero attached hydrogens (tertiary/aromatic N) is 2. The summed E-state index contributed by atoms with van der Waals surface area (Å²) in [6.07, 6.45) is 3.64. The number of rotatable bonds is 4. The Morgan fingerprint density at radius 2 is 2.19 bits per heavy atom. The molecule has 3 rings (SSSR count). The molecule has 1 aromatic carbocycles. The molecule has 1 saturated carbocycles. The summed E-state index contributed by atoms with van der Waals surface area (Å²) in [6.45, 7) is 0. The minimum atomic E-state index is -0.977. The Labute approximate surface area is 119 Å². The molecule has 1 aliphatic carbocycles. The van der Waals surface area contributed by atoms with Crippen LogP contribution < -0.4 is 5.32 Å². The normalized spacial score (nSPS) is 16.3. The lowest BCUT2D eigenvalue weighted by atomic mass is 9.76. The molecule has 2 aromatic rings. The lowest BCUT2D eigenvalue weighted by Gasteiger charge is -2.40. The van der Waals surface area contributed by atoms with Crippen molar-refractivity contribution in [3.63, 3.8) is 0 Å². The molecule has 0 aliphatic heterocycles. The molecule has 21 heavy (non-hydrogen) atoms. The average molecular weight is 292 g/mol. The van der Waals surface area contributed by atoms with E-state index in [1.54, 1.807) is 0 Å². The van der Waals surface area contributed by atoms with Gasteiger partial charge in [-0.25, -0.2) is 13.8 Å². The second-order valence-corrected chi connectivity index (χ2v) is 5.21. The molecule has 7 heteroatoms. The Morgan fingerprint density at radius 3 is 2.81 bits per heavy atom. The van der Waals surface area contributed by atoms with Gasteiger partial charge in [-0.05, 0) is 25.3 Å². The van der Waals surface area contributed by atoms with Crippen LogP contribution in [-0.2, 0) is 16.8 Å². The van der Waals surface area contributed by atoms with E-state index < -0.39 is 17.2 Å². The number of aromatic amines is 1. The highest BCUT2D eigenvalue weighted by molar-refractivity contribution is 5.79. The van der Waals surface area contributed by atoms with Crippen LogP contribution in [0.25, 0.3) is 0 Å². The van der Waals surface area contributed by atoms with Gasteiger partial charge in [-0.2, -0.15) is 5.10 Å². The first-order chi connectivity index (χ1) is 10.1. The van der Waals surface area contributed by atoms with E-state index in [2.05, 4.69) is 20.5 Å². The molecule has 0 saturated heterocycles. The SMILES string of the molecule is O=C(Cc1cccc(F)c1F)NC1(c2ncn[nH]2)CCC1. The monoisotopic (exact) mass is 292 g/mol. The van der Waals surface area contributed by atoms with Crippen LogP contribution in [0.5, 0.6) is 0 Å². The van der Waals surface area contributed by atoms with Crippen LogP contribution in [0.15, 0.2) is 24.5 Å². The molecule has 1 aliphatic rings. The highest BCUT2D eigenvalue weighted by atomic mass is 19.2. The summed E-state index contributed by atoms with van der Waals surface area (Å²) in [5.74, 6) is -1.69. The van der Waals surface area contributed by atoms with Crippen molar-refractivity contribution >= 4 is 5.91 Å². The first-order valence-electron chi connectivity index (χ1n) is 6.70. The topological polar surface area (TPSA) is 70.7 Å². The molecule has 0 atom stereocenters. The number of halogens is 2. The fourth-order valence-electron chi connectivity index (χ4n) is 2.56. The van der Waals surface area contributed by atoms with Crippen molar-refractivity contribution in [3.8, 4) is 0 Å². The first kappa shape index (κ1) is 13.7. The number of carbonyl (C=O) groups is 1. The largest absolute Gasteiger partial charge is 0.343 e. The number of aromatic nitrogens is 3. The number of hydrogen-bond donors (Lipinski definition) is 2. The van der Waals surface area contributed by atoms with E-state index in [4.69, 9.17) is 0 Å². The van der Waals surface area contributed by atoms with E-state index >= 15 is 0 Å². The van der Waals surface area contributed by atoms with Crippen molar-refractivity contribution in [2.45, 2.75) is 31.2 Å². The minimum Gasteiger partial charge on any atom is -0.343 e. The Balaban J connectivity index is 1.73. The quantitative estimate of drug-likeness (QED) is 0.903. The van der Waals surface area contributed by atoms with E-state index in [1.807, 2.05) is 0 Å². The third-order valence-corrected chi connectivity index (χ3v) is 3.84. The van der Waals surface area contributed by atoms with E-state index in [1.165, 1.54) is 18.5 Å².